The van der Waals surface area contributed by atoms with Gasteiger partial charge < -0.3 is 15.4 Å². The topological polar surface area (TPSA) is 61.8 Å². The van der Waals surface area contributed by atoms with Gasteiger partial charge in [-0.3, -0.25) is 4.90 Å². The Morgan fingerprint density at radius 1 is 1.27 bits per heavy atom. The molecular formula is C20H33N5O. The van der Waals surface area contributed by atoms with Crippen LogP contribution in [-0.4, -0.2) is 54.7 Å². The fraction of sp³-hybridized carbons (Fsp3) is 0.700. The van der Waals surface area contributed by atoms with Gasteiger partial charge in [0, 0.05) is 31.4 Å². The Labute approximate surface area is 157 Å². The highest BCUT2D eigenvalue weighted by atomic mass is 16.5. The first-order valence-electron chi connectivity index (χ1n) is 10.1. The third kappa shape index (κ3) is 5.87. The molecule has 0 radical (unpaired) electrons. The minimum Gasteiger partial charge on any atom is -0.477 e. The molecule has 2 N–H and O–H groups in total. The van der Waals surface area contributed by atoms with Crippen LogP contribution < -0.4 is 15.4 Å². The summed E-state index contributed by atoms with van der Waals surface area (Å²) in [6.45, 7) is 9.91. The molecule has 6 nitrogen and oxygen atoms in total. The van der Waals surface area contributed by atoms with Crippen LogP contribution in [0.5, 0.6) is 5.88 Å². The molecule has 1 aliphatic heterocycles. The Morgan fingerprint density at radius 3 is 2.85 bits per heavy atom. The van der Waals surface area contributed by atoms with Crippen molar-refractivity contribution in [2.75, 3.05) is 32.8 Å². The third-order valence-electron chi connectivity index (χ3n) is 5.14. The lowest BCUT2D eigenvalue weighted by atomic mass is 10.2. The predicted molar refractivity (Wildman–Crippen MR) is 106 cm³/mol. The van der Waals surface area contributed by atoms with Crippen molar-refractivity contribution >= 4 is 5.96 Å². The molecule has 1 aromatic heterocycles. The zero-order valence-corrected chi connectivity index (χ0v) is 16.2. The van der Waals surface area contributed by atoms with E-state index in [-0.39, 0.29) is 0 Å². The maximum absolute atomic E-state index is 5.69. The minimum atomic E-state index is 0.618. The molecule has 1 saturated carbocycles. The minimum absolute atomic E-state index is 0.618. The first-order chi connectivity index (χ1) is 12.8. The number of hydrogen-bond donors (Lipinski definition) is 2. The lowest BCUT2D eigenvalue weighted by molar-refractivity contribution is 0.267. The molecule has 1 atom stereocenters. The van der Waals surface area contributed by atoms with Crippen LogP contribution in [-0.2, 0) is 6.54 Å². The predicted octanol–water partition coefficient (Wildman–Crippen LogP) is 2.41. The Bertz CT molecular complexity index is 570. The van der Waals surface area contributed by atoms with Gasteiger partial charge in [0.15, 0.2) is 5.96 Å². The number of ether oxygens (including phenoxy) is 1. The summed E-state index contributed by atoms with van der Waals surface area (Å²) in [6, 6.07) is 4.62. The van der Waals surface area contributed by atoms with E-state index in [0.717, 1.165) is 49.6 Å². The second-order valence-corrected chi connectivity index (χ2v) is 7.26. The van der Waals surface area contributed by atoms with Gasteiger partial charge in [-0.25, -0.2) is 9.98 Å². The lowest BCUT2D eigenvalue weighted by Crippen LogP contribution is -2.44. The molecule has 2 aliphatic rings. The average Bonchev–Trinajstić information content (AvgIpc) is 3.39. The van der Waals surface area contributed by atoms with E-state index < -0.39 is 0 Å². The molecule has 2 fully saturated rings. The van der Waals surface area contributed by atoms with Crippen molar-refractivity contribution in [1.82, 2.24) is 20.5 Å². The Hall–Kier alpha value is -1.82. The second kappa shape index (κ2) is 9.76. The number of aliphatic imine (C=N–C) groups is 1. The molecule has 6 heteroatoms. The van der Waals surface area contributed by atoms with Crippen LogP contribution in [0.2, 0.25) is 0 Å². The summed E-state index contributed by atoms with van der Waals surface area (Å²) in [5.74, 6) is 2.35. The normalized spacial score (nSPS) is 21.0. The summed E-state index contributed by atoms with van der Waals surface area (Å²) in [4.78, 5) is 11.6. The van der Waals surface area contributed by atoms with E-state index >= 15 is 0 Å². The molecule has 2 heterocycles. The maximum Gasteiger partial charge on any atom is 0.213 e. The number of rotatable bonds is 9. The zero-order chi connectivity index (χ0) is 18.2. The van der Waals surface area contributed by atoms with Crippen molar-refractivity contribution in [2.45, 2.75) is 52.1 Å². The Morgan fingerprint density at radius 2 is 2.15 bits per heavy atom. The van der Waals surface area contributed by atoms with Gasteiger partial charge in [0.25, 0.3) is 0 Å². The number of nitrogens with zero attached hydrogens (tertiary/aromatic N) is 3. The van der Waals surface area contributed by atoms with Crippen molar-refractivity contribution < 1.29 is 4.74 Å². The average molecular weight is 360 g/mol. The van der Waals surface area contributed by atoms with Crippen molar-refractivity contribution in [2.24, 2.45) is 10.9 Å². The van der Waals surface area contributed by atoms with Gasteiger partial charge in [-0.15, -0.1) is 0 Å². The first kappa shape index (κ1) is 19.0. The highest BCUT2D eigenvalue weighted by Gasteiger charge is 2.23. The second-order valence-electron chi connectivity index (χ2n) is 7.26. The number of guanidine groups is 1. The lowest BCUT2D eigenvalue weighted by Gasteiger charge is -2.24. The zero-order valence-electron chi connectivity index (χ0n) is 16.2. The van der Waals surface area contributed by atoms with Gasteiger partial charge in [0.05, 0.1) is 13.2 Å². The van der Waals surface area contributed by atoms with Crippen LogP contribution in [0.3, 0.4) is 0 Å². The van der Waals surface area contributed by atoms with E-state index in [0.29, 0.717) is 12.6 Å². The number of aromatic nitrogens is 1. The van der Waals surface area contributed by atoms with E-state index in [1.807, 2.05) is 12.3 Å². The van der Waals surface area contributed by atoms with E-state index in [2.05, 4.69) is 40.4 Å². The Balaban J connectivity index is 1.47. The summed E-state index contributed by atoms with van der Waals surface area (Å²) in [6.07, 6.45) is 7.03. The monoisotopic (exact) mass is 359 g/mol. The van der Waals surface area contributed by atoms with Gasteiger partial charge >= 0.3 is 0 Å². The summed E-state index contributed by atoms with van der Waals surface area (Å²) in [5.41, 5.74) is 1.09. The molecule has 0 aromatic carbocycles. The van der Waals surface area contributed by atoms with Crippen molar-refractivity contribution in [3.8, 4) is 5.88 Å². The smallest absolute Gasteiger partial charge is 0.213 e. The SMILES string of the molecule is CCNC(=NCc1ccc(OCC2CC2)nc1)NCC1CCCN1CC. The number of hydrogen-bond acceptors (Lipinski definition) is 4. The summed E-state index contributed by atoms with van der Waals surface area (Å²) in [5, 5.41) is 6.84. The number of likely N-dealkylation sites (tertiary alicyclic amines) is 1. The Kier molecular flexibility index (Phi) is 7.12. The molecule has 0 spiro atoms. The van der Waals surface area contributed by atoms with E-state index in [4.69, 9.17) is 9.73 Å². The molecular weight excluding hydrogens is 326 g/mol. The van der Waals surface area contributed by atoms with Crippen molar-refractivity contribution in [1.29, 1.82) is 0 Å². The summed E-state index contributed by atoms with van der Waals surface area (Å²) in [7, 11) is 0. The van der Waals surface area contributed by atoms with Crippen LogP contribution >= 0.6 is 0 Å². The molecule has 0 amide bonds. The summed E-state index contributed by atoms with van der Waals surface area (Å²) < 4.78 is 5.69. The summed E-state index contributed by atoms with van der Waals surface area (Å²) >= 11 is 0. The van der Waals surface area contributed by atoms with Gasteiger partial charge in [0.1, 0.15) is 0 Å². The van der Waals surface area contributed by atoms with Crippen LogP contribution in [0.4, 0.5) is 0 Å². The molecule has 1 saturated heterocycles. The molecule has 0 bridgehead atoms. The van der Waals surface area contributed by atoms with Crippen LogP contribution in [0.25, 0.3) is 0 Å². The maximum atomic E-state index is 5.69. The van der Waals surface area contributed by atoms with Crippen molar-refractivity contribution in [3.05, 3.63) is 23.9 Å². The molecule has 3 rings (SSSR count). The molecule has 1 aromatic rings. The standard InChI is InChI=1S/C20H33N5O/c1-3-21-20(24-14-18-6-5-11-25(18)4-2)23-13-17-9-10-19(22-12-17)26-15-16-7-8-16/h9-10,12,16,18H,3-8,11,13-15H2,1-2H3,(H2,21,23,24). The van der Waals surface area contributed by atoms with Gasteiger partial charge in [-0.1, -0.05) is 13.0 Å². The van der Waals surface area contributed by atoms with Crippen LogP contribution in [0.1, 0.15) is 45.1 Å². The highest BCUT2D eigenvalue weighted by molar-refractivity contribution is 5.79. The first-order valence-corrected chi connectivity index (χ1v) is 10.1. The fourth-order valence-corrected chi connectivity index (χ4v) is 3.35. The van der Waals surface area contributed by atoms with Gasteiger partial charge in [-0.2, -0.15) is 0 Å². The quantitative estimate of drug-likeness (QED) is 0.524. The highest BCUT2D eigenvalue weighted by Crippen LogP contribution is 2.29. The molecule has 26 heavy (non-hydrogen) atoms. The van der Waals surface area contributed by atoms with Crippen LogP contribution in [0.15, 0.2) is 23.3 Å². The number of pyridine rings is 1. The molecule has 144 valence electrons. The molecule has 1 aliphatic carbocycles. The molecule has 1 unspecified atom stereocenters. The third-order valence-corrected chi connectivity index (χ3v) is 5.14. The van der Waals surface area contributed by atoms with Gasteiger partial charge in [0.2, 0.25) is 5.88 Å². The van der Waals surface area contributed by atoms with E-state index in [9.17, 15) is 0 Å². The van der Waals surface area contributed by atoms with Crippen molar-refractivity contribution in [3.63, 3.8) is 0 Å². The van der Waals surface area contributed by atoms with E-state index in [1.54, 1.807) is 0 Å². The van der Waals surface area contributed by atoms with Gasteiger partial charge in [-0.05, 0) is 57.2 Å². The fourth-order valence-electron chi connectivity index (χ4n) is 3.35. The number of likely N-dealkylation sites (N-methyl/N-ethyl adjacent to an activating group) is 1. The van der Waals surface area contributed by atoms with E-state index in [1.165, 1.54) is 32.2 Å². The van der Waals surface area contributed by atoms with Crippen LogP contribution in [0, 0.1) is 5.92 Å². The number of nitrogens with one attached hydrogen (secondary N) is 2. The largest absolute Gasteiger partial charge is 0.477 e.